The molecular weight excluding hydrogens is 452 g/mol. The zero-order valence-corrected chi connectivity index (χ0v) is 20.2. The normalized spacial score (nSPS) is 14.1. The van der Waals surface area contributed by atoms with Gasteiger partial charge in [-0.3, -0.25) is 9.59 Å². The minimum atomic E-state index is -0.278. The molecule has 0 radical (unpaired) electrons. The van der Waals surface area contributed by atoms with Gasteiger partial charge in [0, 0.05) is 23.7 Å². The highest BCUT2D eigenvalue weighted by Gasteiger charge is 2.23. The van der Waals surface area contributed by atoms with Crippen LogP contribution in [0, 0.1) is 6.92 Å². The van der Waals surface area contributed by atoms with Crippen LogP contribution in [0.2, 0.25) is 5.02 Å². The van der Waals surface area contributed by atoms with Gasteiger partial charge in [-0.2, -0.15) is 5.10 Å². The average Bonchev–Trinajstić information content (AvgIpc) is 3.51. The van der Waals surface area contributed by atoms with Crippen LogP contribution in [0.4, 0.5) is 0 Å². The molecule has 1 fully saturated rings. The van der Waals surface area contributed by atoms with E-state index in [1.165, 1.54) is 0 Å². The molecule has 2 aromatic carbocycles. The summed E-state index contributed by atoms with van der Waals surface area (Å²) in [7, 11) is 0. The molecule has 1 aliphatic rings. The highest BCUT2D eigenvalue weighted by atomic mass is 35.5. The van der Waals surface area contributed by atoms with E-state index >= 15 is 0 Å². The molecule has 1 N–H and O–H groups in total. The number of carbonyl (C=O) groups is 2. The summed E-state index contributed by atoms with van der Waals surface area (Å²) in [5, 5.41) is 8.10. The number of nitrogens with zero attached hydrogens (tertiary/aromatic N) is 3. The third-order valence-electron chi connectivity index (χ3n) is 6.13. The highest BCUT2D eigenvalue weighted by Crippen LogP contribution is 2.28. The summed E-state index contributed by atoms with van der Waals surface area (Å²) in [6.07, 6.45) is 4.31. The lowest BCUT2D eigenvalue weighted by molar-refractivity contribution is -0.132. The standard InChI is InChI=1S/C26H29ClN4O3/c1-3-23(21-11-4-5-12-24(21)34-17-25(32)30-13-6-7-14-30)29-26(33)22-16-28-31(18(22)2)20-10-8-9-19(27)15-20/h4-5,8-12,15-16,23H,3,6-7,13-14,17H2,1-2H3,(H,29,33). The largest absolute Gasteiger partial charge is 0.483 e. The summed E-state index contributed by atoms with van der Waals surface area (Å²) < 4.78 is 7.60. The van der Waals surface area contributed by atoms with Crippen LogP contribution < -0.4 is 10.1 Å². The summed E-state index contributed by atoms with van der Waals surface area (Å²) in [5.74, 6) is 0.377. The lowest BCUT2D eigenvalue weighted by atomic mass is 10.0. The number of aromatic nitrogens is 2. The molecule has 1 aliphatic heterocycles. The van der Waals surface area contributed by atoms with Crippen LogP contribution in [0.5, 0.6) is 5.75 Å². The number of ether oxygens (including phenoxy) is 1. The van der Waals surface area contributed by atoms with Crippen molar-refractivity contribution in [3.8, 4) is 11.4 Å². The van der Waals surface area contributed by atoms with Gasteiger partial charge in [-0.25, -0.2) is 4.68 Å². The maximum atomic E-state index is 13.2. The van der Waals surface area contributed by atoms with Crippen molar-refractivity contribution in [1.82, 2.24) is 20.0 Å². The van der Waals surface area contributed by atoms with Crippen molar-refractivity contribution in [2.45, 2.75) is 39.2 Å². The first-order valence-corrected chi connectivity index (χ1v) is 12.0. The second-order valence-electron chi connectivity index (χ2n) is 8.38. The Hall–Kier alpha value is -3.32. The molecule has 1 saturated heterocycles. The van der Waals surface area contributed by atoms with Gasteiger partial charge in [0.25, 0.3) is 11.8 Å². The van der Waals surface area contributed by atoms with Crippen molar-refractivity contribution < 1.29 is 14.3 Å². The maximum Gasteiger partial charge on any atom is 0.260 e. The van der Waals surface area contributed by atoms with Crippen LogP contribution in [0.1, 0.15) is 53.8 Å². The molecule has 7 nitrogen and oxygen atoms in total. The Bertz CT molecular complexity index is 1170. The molecular formula is C26H29ClN4O3. The van der Waals surface area contributed by atoms with Crippen molar-refractivity contribution in [1.29, 1.82) is 0 Å². The van der Waals surface area contributed by atoms with E-state index in [1.807, 2.05) is 55.1 Å². The Morgan fingerprint density at radius 2 is 1.91 bits per heavy atom. The van der Waals surface area contributed by atoms with Crippen molar-refractivity contribution in [3.63, 3.8) is 0 Å². The zero-order valence-electron chi connectivity index (χ0n) is 19.5. The van der Waals surface area contributed by atoms with E-state index in [9.17, 15) is 9.59 Å². The molecule has 3 aromatic rings. The first-order valence-electron chi connectivity index (χ1n) is 11.6. The fourth-order valence-corrected chi connectivity index (χ4v) is 4.42. The molecule has 2 amide bonds. The van der Waals surface area contributed by atoms with Crippen molar-refractivity contribution in [2.24, 2.45) is 0 Å². The fraction of sp³-hybridized carbons (Fsp3) is 0.346. The number of para-hydroxylation sites is 1. The van der Waals surface area contributed by atoms with E-state index in [2.05, 4.69) is 10.4 Å². The smallest absolute Gasteiger partial charge is 0.260 e. The number of amides is 2. The van der Waals surface area contributed by atoms with Gasteiger partial charge in [-0.15, -0.1) is 0 Å². The number of hydrogen-bond acceptors (Lipinski definition) is 4. The lowest BCUT2D eigenvalue weighted by Gasteiger charge is -2.21. The van der Waals surface area contributed by atoms with E-state index in [4.69, 9.17) is 16.3 Å². The molecule has 0 aliphatic carbocycles. The van der Waals surface area contributed by atoms with Gasteiger partial charge < -0.3 is 15.0 Å². The van der Waals surface area contributed by atoms with Gasteiger partial charge in [-0.05, 0) is 50.5 Å². The molecule has 4 rings (SSSR count). The minimum absolute atomic E-state index is 0.00607. The minimum Gasteiger partial charge on any atom is -0.483 e. The number of rotatable bonds is 8. The first-order chi connectivity index (χ1) is 16.5. The van der Waals surface area contributed by atoms with Gasteiger partial charge in [0.15, 0.2) is 6.61 Å². The van der Waals surface area contributed by atoms with Crippen molar-refractivity contribution >= 4 is 23.4 Å². The quantitative estimate of drug-likeness (QED) is 0.506. The summed E-state index contributed by atoms with van der Waals surface area (Å²) in [6, 6.07) is 14.6. The Labute approximate surface area is 204 Å². The molecule has 0 saturated carbocycles. The average molecular weight is 481 g/mol. The molecule has 0 bridgehead atoms. The number of carbonyl (C=O) groups excluding carboxylic acids is 2. The monoisotopic (exact) mass is 480 g/mol. The number of hydrogen-bond donors (Lipinski definition) is 1. The third kappa shape index (κ3) is 5.25. The molecule has 8 heteroatoms. The van der Waals surface area contributed by atoms with Crippen molar-refractivity contribution in [3.05, 3.63) is 76.6 Å². The molecule has 178 valence electrons. The number of halogens is 1. The summed E-state index contributed by atoms with van der Waals surface area (Å²) in [5.41, 5.74) is 2.83. The van der Waals surface area contributed by atoms with Gasteiger partial charge in [0.2, 0.25) is 0 Å². The molecule has 0 spiro atoms. The van der Waals surface area contributed by atoms with E-state index in [0.717, 1.165) is 42.9 Å². The van der Waals surface area contributed by atoms with E-state index < -0.39 is 0 Å². The summed E-state index contributed by atoms with van der Waals surface area (Å²) in [4.78, 5) is 27.4. The Morgan fingerprint density at radius 3 is 2.65 bits per heavy atom. The van der Waals surface area contributed by atoms with E-state index in [-0.39, 0.29) is 24.5 Å². The zero-order chi connectivity index (χ0) is 24.1. The molecule has 1 atom stereocenters. The molecule has 1 aromatic heterocycles. The predicted molar refractivity (Wildman–Crippen MR) is 132 cm³/mol. The summed E-state index contributed by atoms with van der Waals surface area (Å²) >= 11 is 6.11. The first kappa shape index (κ1) is 23.8. The van der Waals surface area contributed by atoms with Gasteiger partial charge in [0.1, 0.15) is 5.75 Å². The van der Waals surface area contributed by atoms with E-state index in [1.54, 1.807) is 23.0 Å². The topological polar surface area (TPSA) is 76.5 Å². The summed E-state index contributed by atoms with van der Waals surface area (Å²) in [6.45, 7) is 5.43. The second kappa shape index (κ2) is 10.7. The highest BCUT2D eigenvalue weighted by molar-refractivity contribution is 6.30. The van der Waals surface area contributed by atoms with Crippen LogP contribution in [0.25, 0.3) is 5.69 Å². The Balaban J connectivity index is 1.48. The third-order valence-corrected chi connectivity index (χ3v) is 6.36. The van der Waals surface area contributed by atoms with Crippen LogP contribution in [-0.4, -0.2) is 46.2 Å². The number of likely N-dealkylation sites (tertiary alicyclic amines) is 1. The predicted octanol–water partition coefficient (Wildman–Crippen LogP) is 4.72. The molecule has 34 heavy (non-hydrogen) atoms. The van der Waals surface area contributed by atoms with Crippen LogP contribution >= 0.6 is 11.6 Å². The van der Waals surface area contributed by atoms with Gasteiger partial charge >= 0.3 is 0 Å². The second-order valence-corrected chi connectivity index (χ2v) is 8.82. The van der Waals surface area contributed by atoms with Crippen molar-refractivity contribution in [2.75, 3.05) is 19.7 Å². The number of benzene rings is 2. The van der Waals surface area contributed by atoms with Crippen LogP contribution in [0.15, 0.2) is 54.7 Å². The van der Waals surface area contributed by atoms with Gasteiger partial charge in [0.05, 0.1) is 29.2 Å². The van der Waals surface area contributed by atoms with Crippen LogP contribution in [0.3, 0.4) is 0 Å². The number of nitrogens with one attached hydrogen (secondary N) is 1. The lowest BCUT2D eigenvalue weighted by Crippen LogP contribution is -2.33. The Morgan fingerprint density at radius 1 is 1.15 bits per heavy atom. The maximum absolute atomic E-state index is 13.2. The van der Waals surface area contributed by atoms with Gasteiger partial charge in [-0.1, -0.05) is 42.8 Å². The van der Waals surface area contributed by atoms with Crippen LogP contribution in [-0.2, 0) is 4.79 Å². The molecule has 1 unspecified atom stereocenters. The molecule has 2 heterocycles. The van der Waals surface area contributed by atoms with E-state index in [0.29, 0.717) is 22.8 Å². The Kier molecular flexibility index (Phi) is 7.53. The SMILES string of the molecule is CCC(NC(=O)c1cnn(-c2cccc(Cl)c2)c1C)c1ccccc1OCC(=O)N1CCCC1. The fourth-order valence-electron chi connectivity index (χ4n) is 4.23.